The van der Waals surface area contributed by atoms with Crippen molar-refractivity contribution in [3.05, 3.63) is 17.8 Å². The second-order valence-corrected chi connectivity index (χ2v) is 6.12. The Kier molecular flexibility index (Phi) is 3.92. The van der Waals surface area contributed by atoms with E-state index in [1.807, 2.05) is 0 Å². The van der Waals surface area contributed by atoms with Crippen LogP contribution in [0.2, 0.25) is 0 Å². The van der Waals surface area contributed by atoms with Crippen molar-refractivity contribution in [1.82, 2.24) is 9.88 Å². The number of hydrogen-bond acceptors (Lipinski definition) is 4. The maximum absolute atomic E-state index is 12.8. The van der Waals surface area contributed by atoms with Crippen LogP contribution < -0.4 is 9.64 Å². The van der Waals surface area contributed by atoms with Gasteiger partial charge in [-0.25, -0.2) is 4.98 Å². The Morgan fingerprint density at radius 3 is 2.77 bits per heavy atom. The Bertz CT molecular complexity index is 547. The van der Waals surface area contributed by atoms with E-state index in [1.54, 1.807) is 0 Å². The molecule has 7 heteroatoms. The SMILES string of the molecule is CC(C)N1CCN2c3ncc(C(F)(F)F)cc3OCC[C@H]2C1. The third-order valence-electron chi connectivity index (χ3n) is 4.39. The summed E-state index contributed by atoms with van der Waals surface area (Å²) in [6, 6.07) is 1.77. The fraction of sp³-hybridized carbons (Fsp3) is 0.667. The first-order chi connectivity index (χ1) is 10.4. The van der Waals surface area contributed by atoms with E-state index in [4.69, 9.17) is 4.74 Å². The van der Waals surface area contributed by atoms with Crippen molar-refractivity contribution in [3.8, 4) is 5.75 Å². The van der Waals surface area contributed by atoms with Gasteiger partial charge in [0.2, 0.25) is 0 Å². The summed E-state index contributed by atoms with van der Waals surface area (Å²) in [5, 5.41) is 0. The van der Waals surface area contributed by atoms with Gasteiger partial charge in [0.05, 0.1) is 12.2 Å². The molecule has 1 fully saturated rings. The third kappa shape index (κ3) is 2.86. The number of ether oxygens (including phenoxy) is 1. The summed E-state index contributed by atoms with van der Waals surface area (Å²) in [4.78, 5) is 8.55. The number of hydrogen-bond donors (Lipinski definition) is 0. The van der Waals surface area contributed by atoms with Gasteiger partial charge in [-0.3, -0.25) is 4.90 Å². The first kappa shape index (κ1) is 15.4. The Balaban J connectivity index is 1.89. The van der Waals surface area contributed by atoms with Crippen LogP contribution in [0.25, 0.3) is 0 Å². The second kappa shape index (κ2) is 5.61. The average Bonchev–Trinajstić information content (AvgIpc) is 2.64. The molecule has 1 aromatic heterocycles. The molecule has 1 atom stereocenters. The summed E-state index contributed by atoms with van der Waals surface area (Å²) in [6.07, 6.45) is -2.70. The number of anilines is 1. The molecule has 2 aliphatic heterocycles. The largest absolute Gasteiger partial charge is 0.490 e. The molecule has 0 radical (unpaired) electrons. The molecule has 2 aliphatic rings. The molecule has 0 N–H and O–H groups in total. The molecule has 122 valence electrons. The minimum Gasteiger partial charge on any atom is -0.490 e. The van der Waals surface area contributed by atoms with Crippen LogP contribution in [0, 0.1) is 0 Å². The summed E-state index contributed by atoms with van der Waals surface area (Å²) < 4.78 is 44.0. The molecule has 3 rings (SSSR count). The maximum Gasteiger partial charge on any atom is 0.418 e. The minimum atomic E-state index is -4.40. The molecule has 0 amide bonds. The number of aromatic nitrogens is 1. The lowest BCUT2D eigenvalue weighted by molar-refractivity contribution is -0.137. The lowest BCUT2D eigenvalue weighted by atomic mass is 10.1. The quantitative estimate of drug-likeness (QED) is 0.797. The summed E-state index contributed by atoms with van der Waals surface area (Å²) in [5.41, 5.74) is -0.759. The highest BCUT2D eigenvalue weighted by Gasteiger charge is 2.36. The zero-order chi connectivity index (χ0) is 15.9. The molecule has 1 aromatic rings. The van der Waals surface area contributed by atoms with Gasteiger partial charge in [-0.2, -0.15) is 13.2 Å². The number of nitrogens with zero attached hydrogens (tertiary/aromatic N) is 3. The number of alkyl halides is 3. The van der Waals surface area contributed by atoms with Crippen LogP contribution in [0.15, 0.2) is 12.3 Å². The van der Waals surface area contributed by atoms with Gasteiger partial charge in [-0.15, -0.1) is 0 Å². The van der Waals surface area contributed by atoms with E-state index in [2.05, 4.69) is 28.6 Å². The van der Waals surface area contributed by atoms with Crippen LogP contribution in [-0.4, -0.2) is 48.2 Å². The smallest absolute Gasteiger partial charge is 0.418 e. The number of fused-ring (bicyclic) bond motifs is 3. The Morgan fingerprint density at radius 1 is 1.32 bits per heavy atom. The molecule has 0 aliphatic carbocycles. The first-order valence-corrected chi connectivity index (χ1v) is 7.57. The van der Waals surface area contributed by atoms with Crippen molar-refractivity contribution in [3.63, 3.8) is 0 Å². The van der Waals surface area contributed by atoms with Crippen LogP contribution in [0.3, 0.4) is 0 Å². The fourth-order valence-electron chi connectivity index (χ4n) is 3.09. The highest BCUT2D eigenvalue weighted by Crippen LogP contribution is 2.38. The van der Waals surface area contributed by atoms with E-state index < -0.39 is 11.7 Å². The van der Waals surface area contributed by atoms with Crippen LogP contribution in [0.5, 0.6) is 5.75 Å². The molecule has 0 saturated carbocycles. The van der Waals surface area contributed by atoms with Crippen LogP contribution in [0.1, 0.15) is 25.8 Å². The van der Waals surface area contributed by atoms with Crippen molar-refractivity contribution >= 4 is 5.82 Å². The number of halogens is 3. The lowest BCUT2D eigenvalue weighted by Gasteiger charge is -2.42. The normalized spacial score (nSPS) is 22.8. The lowest BCUT2D eigenvalue weighted by Crippen LogP contribution is -2.55. The van der Waals surface area contributed by atoms with E-state index >= 15 is 0 Å². The monoisotopic (exact) mass is 315 g/mol. The molecule has 3 heterocycles. The van der Waals surface area contributed by atoms with Gasteiger partial charge in [0.25, 0.3) is 0 Å². The molecule has 1 saturated heterocycles. The molecular weight excluding hydrogens is 295 g/mol. The van der Waals surface area contributed by atoms with Crippen LogP contribution in [-0.2, 0) is 6.18 Å². The van der Waals surface area contributed by atoms with E-state index in [1.165, 1.54) is 0 Å². The number of pyridine rings is 1. The maximum atomic E-state index is 12.8. The second-order valence-electron chi connectivity index (χ2n) is 6.12. The summed E-state index contributed by atoms with van der Waals surface area (Å²) >= 11 is 0. The number of piperazine rings is 1. The third-order valence-corrected chi connectivity index (χ3v) is 4.39. The zero-order valence-corrected chi connectivity index (χ0v) is 12.7. The molecule has 4 nitrogen and oxygen atoms in total. The highest BCUT2D eigenvalue weighted by molar-refractivity contribution is 5.55. The van der Waals surface area contributed by atoms with Crippen molar-refractivity contribution in [2.24, 2.45) is 0 Å². The van der Waals surface area contributed by atoms with Crippen molar-refractivity contribution in [2.75, 3.05) is 31.1 Å². The molecule has 0 unspecified atom stereocenters. The highest BCUT2D eigenvalue weighted by atomic mass is 19.4. The molecular formula is C15H20F3N3O. The van der Waals surface area contributed by atoms with Gasteiger partial charge < -0.3 is 9.64 Å². The van der Waals surface area contributed by atoms with E-state index in [0.29, 0.717) is 18.5 Å². The number of rotatable bonds is 1. The predicted octanol–water partition coefficient (Wildman–Crippen LogP) is 2.78. The molecule has 0 aromatic carbocycles. The minimum absolute atomic E-state index is 0.238. The average molecular weight is 315 g/mol. The van der Waals surface area contributed by atoms with Gasteiger partial charge in [0.1, 0.15) is 0 Å². The van der Waals surface area contributed by atoms with E-state index in [9.17, 15) is 13.2 Å². The summed E-state index contributed by atoms with van der Waals surface area (Å²) in [7, 11) is 0. The predicted molar refractivity (Wildman–Crippen MR) is 77.2 cm³/mol. The standard InChI is InChI=1S/C15H20F3N3O/c1-10(2)20-4-5-21-12(9-20)3-6-22-13-7-11(15(16,17)18)8-19-14(13)21/h7-8,10,12H,3-6,9H2,1-2H3/t12-/m0/s1. The van der Waals surface area contributed by atoms with Crippen molar-refractivity contribution < 1.29 is 17.9 Å². The Morgan fingerprint density at radius 2 is 2.09 bits per heavy atom. The summed E-state index contributed by atoms with van der Waals surface area (Å²) in [5.74, 6) is 0.786. The van der Waals surface area contributed by atoms with Gasteiger partial charge in [-0.05, 0) is 19.9 Å². The molecule has 0 spiro atoms. The van der Waals surface area contributed by atoms with Gasteiger partial charge in [-0.1, -0.05) is 0 Å². The molecule has 22 heavy (non-hydrogen) atoms. The van der Waals surface area contributed by atoms with Gasteiger partial charge in [0.15, 0.2) is 11.6 Å². The van der Waals surface area contributed by atoms with Crippen molar-refractivity contribution in [2.45, 2.75) is 38.5 Å². The topological polar surface area (TPSA) is 28.6 Å². The first-order valence-electron chi connectivity index (χ1n) is 7.57. The van der Waals surface area contributed by atoms with Gasteiger partial charge in [0, 0.05) is 44.3 Å². The Hall–Kier alpha value is -1.50. The van der Waals surface area contributed by atoms with Crippen LogP contribution >= 0.6 is 0 Å². The van der Waals surface area contributed by atoms with Crippen LogP contribution in [0.4, 0.5) is 19.0 Å². The summed E-state index contributed by atoms with van der Waals surface area (Å²) in [6.45, 7) is 7.27. The molecule has 0 bridgehead atoms. The van der Waals surface area contributed by atoms with Gasteiger partial charge >= 0.3 is 6.18 Å². The van der Waals surface area contributed by atoms with E-state index in [0.717, 1.165) is 38.3 Å². The fourth-order valence-corrected chi connectivity index (χ4v) is 3.09. The Labute approximate surface area is 127 Å². The van der Waals surface area contributed by atoms with Crippen molar-refractivity contribution in [1.29, 1.82) is 0 Å². The zero-order valence-electron chi connectivity index (χ0n) is 12.7. The van der Waals surface area contributed by atoms with E-state index in [-0.39, 0.29) is 11.8 Å².